The topological polar surface area (TPSA) is 34.1 Å². The summed E-state index contributed by atoms with van der Waals surface area (Å²) in [5, 5.41) is -0.116. The maximum Gasteiger partial charge on any atom is 0.181 e. The summed E-state index contributed by atoms with van der Waals surface area (Å²) in [7, 11) is -3.00. The zero-order valence-electron chi connectivity index (χ0n) is 7.31. The zero-order valence-corrected chi connectivity index (χ0v) is 8.13. The van der Waals surface area contributed by atoms with Crippen LogP contribution in [0.5, 0.6) is 0 Å². The van der Waals surface area contributed by atoms with Gasteiger partial charge in [0.25, 0.3) is 0 Å². The normalized spacial score (nSPS) is 18.2. The number of rotatable bonds is 2. The molecule has 0 aromatic heterocycles. The van der Waals surface area contributed by atoms with E-state index in [9.17, 15) is 8.42 Å². The van der Waals surface area contributed by atoms with Gasteiger partial charge < -0.3 is 0 Å². The predicted molar refractivity (Wildman–Crippen MR) is 51.3 cm³/mol. The van der Waals surface area contributed by atoms with Crippen molar-refractivity contribution in [1.82, 2.24) is 0 Å². The van der Waals surface area contributed by atoms with E-state index in [1.807, 2.05) is 6.07 Å². The van der Waals surface area contributed by atoms with Crippen molar-refractivity contribution < 1.29 is 8.42 Å². The Bertz CT molecular complexity index is 377. The van der Waals surface area contributed by atoms with Crippen LogP contribution in [-0.2, 0) is 9.84 Å². The summed E-state index contributed by atoms with van der Waals surface area (Å²) in [6.45, 7) is 0. The van der Waals surface area contributed by atoms with Gasteiger partial charge >= 0.3 is 0 Å². The molecule has 2 rings (SSSR count). The molecule has 0 bridgehead atoms. The summed E-state index contributed by atoms with van der Waals surface area (Å²) >= 11 is 0. The molecule has 3 heteroatoms. The van der Waals surface area contributed by atoms with Crippen LogP contribution in [0.4, 0.5) is 0 Å². The van der Waals surface area contributed by atoms with E-state index in [2.05, 4.69) is 0 Å². The van der Waals surface area contributed by atoms with Gasteiger partial charge in [0.2, 0.25) is 0 Å². The van der Waals surface area contributed by atoms with Gasteiger partial charge in [-0.15, -0.1) is 0 Å². The molecule has 0 unspecified atom stereocenters. The first-order valence-electron chi connectivity index (χ1n) is 4.50. The lowest BCUT2D eigenvalue weighted by Gasteiger charge is -2.24. The lowest BCUT2D eigenvalue weighted by molar-refractivity contribution is 0.477. The van der Waals surface area contributed by atoms with Crippen LogP contribution >= 0.6 is 0 Å². The Kier molecular flexibility index (Phi) is 2.12. The molecule has 1 aromatic rings. The highest BCUT2D eigenvalue weighted by Crippen LogP contribution is 2.30. The van der Waals surface area contributed by atoms with E-state index in [4.69, 9.17) is 0 Å². The SMILES string of the molecule is O=S(=O)(c1ccccc1)C1CCC1. The van der Waals surface area contributed by atoms with Crippen molar-refractivity contribution in [2.24, 2.45) is 0 Å². The lowest BCUT2D eigenvalue weighted by Crippen LogP contribution is -2.28. The largest absolute Gasteiger partial charge is 0.223 e. The summed E-state index contributed by atoms with van der Waals surface area (Å²) < 4.78 is 23.6. The highest BCUT2D eigenvalue weighted by Gasteiger charge is 2.32. The van der Waals surface area contributed by atoms with Gasteiger partial charge in [-0.25, -0.2) is 8.42 Å². The maximum atomic E-state index is 11.8. The average molecular weight is 196 g/mol. The van der Waals surface area contributed by atoms with Gasteiger partial charge in [0.1, 0.15) is 0 Å². The molecule has 70 valence electrons. The van der Waals surface area contributed by atoms with Crippen LogP contribution in [0.25, 0.3) is 0 Å². The monoisotopic (exact) mass is 196 g/mol. The Balaban J connectivity index is 2.35. The molecule has 1 aliphatic rings. The minimum atomic E-state index is -3.00. The molecule has 0 radical (unpaired) electrons. The zero-order chi connectivity index (χ0) is 9.31. The fraction of sp³-hybridized carbons (Fsp3) is 0.400. The molecule has 0 aliphatic heterocycles. The maximum absolute atomic E-state index is 11.8. The molecule has 1 aromatic carbocycles. The van der Waals surface area contributed by atoms with Crippen molar-refractivity contribution in [2.45, 2.75) is 29.4 Å². The van der Waals surface area contributed by atoms with E-state index in [0.717, 1.165) is 19.3 Å². The fourth-order valence-corrected chi connectivity index (χ4v) is 3.36. The number of hydrogen-bond donors (Lipinski definition) is 0. The quantitative estimate of drug-likeness (QED) is 0.725. The Morgan fingerprint density at radius 2 is 1.69 bits per heavy atom. The summed E-state index contributed by atoms with van der Waals surface area (Å²) in [6, 6.07) is 8.72. The molecule has 13 heavy (non-hydrogen) atoms. The average Bonchev–Trinajstić information content (AvgIpc) is 2.02. The molecular weight excluding hydrogens is 184 g/mol. The molecule has 1 aliphatic carbocycles. The Hall–Kier alpha value is -0.830. The van der Waals surface area contributed by atoms with Crippen molar-refractivity contribution in [3.63, 3.8) is 0 Å². The lowest BCUT2D eigenvalue weighted by atomic mass is 10.00. The first-order valence-corrected chi connectivity index (χ1v) is 6.05. The minimum Gasteiger partial charge on any atom is -0.223 e. The van der Waals surface area contributed by atoms with E-state index >= 15 is 0 Å². The van der Waals surface area contributed by atoms with Crippen molar-refractivity contribution in [3.8, 4) is 0 Å². The second-order valence-electron chi connectivity index (χ2n) is 3.41. The van der Waals surface area contributed by atoms with Crippen LogP contribution in [0.15, 0.2) is 35.2 Å². The summed E-state index contributed by atoms with van der Waals surface area (Å²) in [4.78, 5) is 0.472. The van der Waals surface area contributed by atoms with Crippen LogP contribution in [0.1, 0.15) is 19.3 Å². The van der Waals surface area contributed by atoms with Crippen LogP contribution in [0, 0.1) is 0 Å². The molecule has 0 spiro atoms. The highest BCUT2D eigenvalue weighted by atomic mass is 32.2. The number of hydrogen-bond acceptors (Lipinski definition) is 2. The van der Waals surface area contributed by atoms with Crippen molar-refractivity contribution >= 4 is 9.84 Å². The molecule has 0 amide bonds. The van der Waals surface area contributed by atoms with Gasteiger partial charge in [-0.1, -0.05) is 24.6 Å². The molecule has 1 fully saturated rings. The first-order chi connectivity index (χ1) is 6.21. The first kappa shape index (κ1) is 8.75. The van der Waals surface area contributed by atoms with Crippen molar-refractivity contribution in [1.29, 1.82) is 0 Å². The summed E-state index contributed by atoms with van der Waals surface area (Å²) in [5.41, 5.74) is 0. The Morgan fingerprint density at radius 1 is 1.08 bits per heavy atom. The van der Waals surface area contributed by atoms with Crippen LogP contribution < -0.4 is 0 Å². The third kappa shape index (κ3) is 1.48. The number of sulfone groups is 1. The number of benzene rings is 1. The van der Waals surface area contributed by atoms with E-state index in [0.29, 0.717) is 4.90 Å². The molecule has 1 saturated carbocycles. The third-order valence-electron chi connectivity index (χ3n) is 2.56. The van der Waals surface area contributed by atoms with Gasteiger partial charge in [-0.3, -0.25) is 0 Å². The van der Waals surface area contributed by atoms with Gasteiger partial charge in [0.15, 0.2) is 9.84 Å². The van der Waals surface area contributed by atoms with Crippen LogP contribution in [0.2, 0.25) is 0 Å². The second-order valence-corrected chi connectivity index (χ2v) is 5.64. The van der Waals surface area contributed by atoms with Gasteiger partial charge in [-0.2, -0.15) is 0 Å². The second kappa shape index (κ2) is 3.14. The molecular formula is C10H12O2S. The van der Waals surface area contributed by atoms with Gasteiger partial charge in [0.05, 0.1) is 10.1 Å². The summed E-state index contributed by atoms with van der Waals surface area (Å²) in [6.07, 6.45) is 2.71. The highest BCUT2D eigenvalue weighted by molar-refractivity contribution is 7.92. The molecule has 0 heterocycles. The Labute approximate surface area is 78.5 Å². The van der Waals surface area contributed by atoms with E-state index < -0.39 is 9.84 Å². The summed E-state index contributed by atoms with van der Waals surface area (Å²) in [5.74, 6) is 0. The molecule has 0 saturated heterocycles. The van der Waals surface area contributed by atoms with Crippen LogP contribution in [-0.4, -0.2) is 13.7 Å². The van der Waals surface area contributed by atoms with Crippen LogP contribution in [0.3, 0.4) is 0 Å². The minimum absolute atomic E-state index is 0.116. The fourth-order valence-electron chi connectivity index (χ4n) is 1.48. The third-order valence-corrected chi connectivity index (χ3v) is 4.84. The Morgan fingerprint density at radius 3 is 2.15 bits per heavy atom. The molecule has 0 atom stereocenters. The van der Waals surface area contributed by atoms with Crippen molar-refractivity contribution in [3.05, 3.63) is 30.3 Å². The standard InChI is InChI=1S/C10H12O2S/c11-13(12,10-7-4-8-10)9-5-2-1-3-6-9/h1-3,5-6,10H,4,7-8H2. The smallest absolute Gasteiger partial charge is 0.181 e. The van der Waals surface area contributed by atoms with Gasteiger partial charge in [0, 0.05) is 0 Å². The van der Waals surface area contributed by atoms with Crippen molar-refractivity contribution in [2.75, 3.05) is 0 Å². The van der Waals surface area contributed by atoms with Gasteiger partial charge in [-0.05, 0) is 25.0 Å². The van der Waals surface area contributed by atoms with E-state index in [-0.39, 0.29) is 5.25 Å². The predicted octanol–water partition coefficient (Wildman–Crippen LogP) is 2.01. The molecule has 2 nitrogen and oxygen atoms in total. The van der Waals surface area contributed by atoms with E-state index in [1.54, 1.807) is 24.3 Å². The van der Waals surface area contributed by atoms with E-state index in [1.165, 1.54) is 0 Å². The molecule has 0 N–H and O–H groups in total.